The van der Waals surface area contributed by atoms with E-state index in [4.69, 9.17) is 0 Å². The minimum atomic E-state index is -1.42. The molecule has 16 heavy (non-hydrogen) atoms. The standard InChI is InChI=1S/C14H21P.Cu/c1-4-11-15(12-5-2,13-6-3)14-9-7-8-10-14;/h4-9,15H,1-3,10-13H2;. The Kier molecular flexibility index (Phi) is 7.68. The fourth-order valence-corrected chi connectivity index (χ4v) is 6.26. The Hall–Kier alpha value is -0.351. The van der Waals surface area contributed by atoms with Gasteiger partial charge in [-0.1, -0.05) is 0 Å². The Balaban J connectivity index is 0.00000225. The van der Waals surface area contributed by atoms with Gasteiger partial charge in [0.25, 0.3) is 0 Å². The van der Waals surface area contributed by atoms with Crippen molar-refractivity contribution in [2.24, 2.45) is 0 Å². The summed E-state index contributed by atoms with van der Waals surface area (Å²) in [5.74, 6) is 0. The van der Waals surface area contributed by atoms with Gasteiger partial charge in [0.1, 0.15) is 0 Å². The molecule has 0 heterocycles. The molecule has 2 heteroatoms. The molecular weight excluding hydrogens is 263 g/mol. The zero-order valence-corrected chi connectivity index (χ0v) is 11.7. The fraction of sp³-hybridized carbons (Fsp3) is 0.286. The van der Waals surface area contributed by atoms with Crippen molar-refractivity contribution in [3.63, 3.8) is 0 Å². The van der Waals surface area contributed by atoms with Crippen LogP contribution in [0.5, 0.6) is 0 Å². The SMILES string of the molecule is C=CC[PH](CC=C)(CC=C)C1=CC=CC1.[Cu]. The van der Waals surface area contributed by atoms with Crippen molar-refractivity contribution in [3.8, 4) is 0 Å². The summed E-state index contributed by atoms with van der Waals surface area (Å²) in [6.45, 7) is 11.7. The van der Waals surface area contributed by atoms with Crippen molar-refractivity contribution in [3.05, 3.63) is 61.5 Å². The summed E-state index contributed by atoms with van der Waals surface area (Å²) in [5, 5.41) is 1.63. The molecule has 0 nitrogen and oxygen atoms in total. The summed E-state index contributed by atoms with van der Waals surface area (Å²) in [7, 11) is -1.42. The van der Waals surface area contributed by atoms with Gasteiger partial charge in [0, 0.05) is 17.1 Å². The molecule has 0 aromatic carbocycles. The molecule has 0 aromatic rings. The van der Waals surface area contributed by atoms with E-state index in [-0.39, 0.29) is 17.1 Å². The Labute approximate surface area is 111 Å². The van der Waals surface area contributed by atoms with E-state index < -0.39 is 7.26 Å². The minimum absolute atomic E-state index is 0. The average Bonchev–Trinajstić information content (AvgIpc) is 2.72. The molecule has 93 valence electrons. The number of rotatable bonds is 7. The van der Waals surface area contributed by atoms with Gasteiger partial charge in [-0.15, -0.1) is 0 Å². The maximum atomic E-state index is 3.90. The van der Waals surface area contributed by atoms with Crippen LogP contribution in [0.15, 0.2) is 61.5 Å². The van der Waals surface area contributed by atoms with Crippen molar-refractivity contribution >= 4 is 7.26 Å². The summed E-state index contributed by atoms with van der Waals surface area (Å²) in [6.07, 6.45) is 17.5. The van der Waals surface area contributed by atoms with Crippen LogP contribution >= 0.6 is 7.26 Å². The minimum Gasteiger partial charge on any atom is 0 e. The van der Waals surface area contributed by atoms with E-state index in [2.05, 4.69) is 56.2 Å². The summed E-state index contributed by atoms with van der Waals surface area (Å²) in [5.41, 5.74) is 0. The van der Waals surface area contributed by atoms with Crippen LogP contribution in [0, 0.1) is 0 Å². The van der Waals surface area contributed by atoms with E-state index in [0.717, 1.165) is 24.9 Å². The third-order valence-electron chi connectivity index (χ3n) is 3.06. The third kappa shape index (κ3) is 3.59. The molecule has 0 saturated carbocycles. The second kappa shape index (κ2) is 7.85. The molecule has 0 fully saturated rings. The monoisotopic (exact) mass is 283 g/mol. The first-order chi connectivity index (χ1) is 7.29. The molecular formula is C14H21CuP. The normalized spacial score (nSPS) is 14.9. The van der Waals surface area contributed by atoms with Gasteiger partial charge in [-0.05, 0) is 0 Å². The zero-order valence-electron chi connectivity index (χ0n) is 9.72. The topological polar surface area (TPSA) is 0 Å². The van der Waals surface area contributed by atoms with Gasteiger partial charge in [0.05, 0.1) is 0 Å². The van der Waals surface area contributed by atoms with Crippen LogP contribution in [0.25, 0.3) is 0 Å². The van der Waals surface area contributed by atoms with Crippen LogP contribution in [0.4, 0.5) is 0 Å². The van der Waals surface area contributed by atoms with E-state index in [0.29, 0.717) is 0 Å². The summed E-state index contributed by atoms with van der Waals surface area (Å²) < 4.78 is 0. The molecule has 0 bridgehead atoms. The second-order valence-corrected chi connectivity index (χ2v) is 8.51. The number of hydrogen-bond donors (Lipinski definition) is 0. The number of allylic oxidation sites excluding steroid dienone is 7. The van der Waals surface area contributed by atoms with E-state index in [9.17, 15) is 0 Å². The van der Waals surface area contributed by atoms with Gasteiger partial charge in [-0.3, -0.25) is 0 Å². The van der Waals surface area contributed by atoms with Gasteiger partial charge < -0.3 is 0 Å². The van der Waals surface area contributed by atoms with Crippen molar-refractivity contribution in [2.75, 3.05) is 18.5 Å². The van der Waals surface area contributed by atoms with Gasteiger partial charge in [0.15, 0.2) is 0 Å². The third-order valence-corrected chi connectivity index (χ3v) is 8.00. The molecule has 0 aliphatic heterocycles. The predicted octanol–water partition coefficient (Wildman–Crippen LogP) is 4.14. The Bertz CT molecular complexity index is 286. The van der Waals surface area contributed by atoms with Gasteiger partial charge >= 0.3 is 93.7 Å². The first kappa shape index (κ1) is 15.6. The van der Waals surface area contributed by atoms with Crippen LogP contribution in [-0.2, 0) is 17.1 Å². The Morgan fingerprint density at radius 2 is 1.56 bits per heavy atom. The predicted molar refractivity (Wildman–Crippen MR) is 75.3 cm³/mol. The quantitative estimate of drug-likeness (QED) is 0.374. The molecule has 0 aromatic heterocycles. The molecule has 1 aliphatic carbocycles. The van der Waals surface area contributed by atoms with E-state index in [1.54, 1.807) is 5.31 Å². The molecule has 0 atom stereocenters. The summed E-state index contributed by atoms with van der Waals surface area (Å²) in [6, 6.07) is 0. The molecule has 0 spiro atoms. The fourth-order valence-electron chi connectivity index (χ4n) is 2.31. The summed E-state index contributed by atoms with van der Waals surface area (Å²) >= 11 is 0. The molecule has 1 radical (unpaired) electrons. The summed E-state index contributed by atoms with van der Waals surface area (Å²) in [4.78, 5) is 0. The van der Waals surface area contributed by atoms with Crippen molar-refractivity contribution < 1.29 is 17.1 Å². The second-order valence-electron chi connectivity index (χ2n) is 4.08. The van der Waals surface area contributed by atoms with Crippen LogP contribution < -0.4 is 0 Å². The van der Waals surface area contributed by atoms with Gasteiger partial charge in [-0.25, -0.2) is 0 Å². The number of hydrogen-bond acceptors (Lipinski definition) is 0. The molecule has 0 amide bonds. The Morgan fingerprint density at radius 1 is 1.06 bits per heavy atom. The molecule has 0 saturated heterocycles. The van der Waals surface area contributed by atoms with Gasteiger partial charge in [0.2, 0.25) is 0 Å². The first-order valence-corrected chi connectivity index (χ1v) is 8.10. The van der Waals surface area contributed by atoms with Crippen LogP contribution in [-0.4, -0.2) is 18.5 Å². The van der Waals surface area contributed by atoms with Crippen molar-refractivity contribution in [2.45, 2.75) is 6.42 Å². The van der Waals surface area contributed by atoms with Crippen molar-refractivity contribution in [1.29, 1.82) is 0 Å². The van der Waals surface area contributed by atoms with Crippen LogP contribution in [0.2, 0.25) is 0 Å². The average molecular weight is 284 g/mol. The smallest absolute Gasteiger partial charge is 0 e. The van der Waals surface area contributed by atoms with Gasteiger partial charge in [-0.2, -0.15) is 0 Å². The molecule has 1 aliphatic rings. The van der Waals surface area contributed by atoms with Crippen LogP contribution in [0.1, 0.15) is 6.42 Å². The zero-order chi connectivity index (χ0) is 11.1. The van der Waals surface area contributed by atoms with E-state index >= 15 is 0 Å². The molecule has 0 N–H and O–H groups in total. The maximum absolute atomic E-state index is 3.90. The largest absolute Gasteiger partial charge is 0 e. The first-order valence-electron chi connectivity index (χ1n) is 5.48. The van der Waals surface area contributed by atoms with E-state index in [1.165, 1.54) is 0 Å². The Morgan fingerprint density at radius 3 is 1.88 bits per heavy atom. The van der Waals surface area contributed by atoms with Crippen LogP contribution in [0.3, 0.4) is 0 Å². The molecule has 0 unspecified atom stereocenters. The van der Waals surface area contributed by atoms with Crippen molar-refractivity contribution in [1.82, 2.24) is 0 Å². The van der Waals surface area contributed by atoms with E-state index in [1.807, 2.05) is 0 Å². The maximum Gasteiger partial charge on any atom is 0 e. The molecule has 1 rings (SSSR count).